The third-order valence-electron chi connectivity index (χ3n) is 3.81. The first-order chi connectivity index (χ1) is 9.58. The second-order valence-electron chi connectivity index (χ2n) is 5.30. The third kappa shape index (κ3) is 3.57. The summed E-state index contributed by atoms with van der Waals surface area (Å²) >= 11 is 0. The zero-order valence-electron chi connectivity index (χ0n) is 11.3. The maximum atomic E-state index is 12.1. The van der Waals surface area contributed by atoms with Gasteiger partial charge in [-0.2, -0.15) is 0 Å². The molecule has 0 bridgehead atoms. The van der Waals surface area contributed by atoms with Crippen LogP contribution in [0.2, 0.25) is 0 Å². The number of benzene rings is 1. The molecule has 0 saturated heterocycles. The number of nitrogens with one attached hydrogen (secondary N) is 1. The summed E-state index contributed by atoms with van der Waals surface area (Å²) in [6, 6.07) is 8.37. The first-order valence-corrected chi connectivity index (χ1v) is 6.91. The van der Waals surface area contributed by atoms with E-state index in [1.807, 2.05) is 30.3 Å². The molecule has 1 fully saturated rings. The highest BCUT2D eigenvalue weighted by atomic mass is 16.4. The number of carboxylic acids is 1. The van der Waals surface area contributed by atoms with Crippen molar-refractivity contribution < 1.29 is 14.7 Å². The molecule has 5 nitrogen and oxygen atoms in total. The van der Waals surface area contributed by atoms with E-state index in [9.17, 15) is 9.59 Å². The Bertz CT molecular complexity index is 475. The lowest BCUT2D eigenvalue weighted by molar-refractivity contribution is -0.143. The Labute approximate surface area is 118 Å². The molecule has 1 aliphatic carbocycles. The van der Waals surface area contributed by atoms with Gasteiger partial charge in [-0.3, -0.25) is 9.59 Å². The molecule has 0 heterocycles. The first-order valence-electron chi connectivity index (χ1n) is 6.91. The molecule has 1 saturated carbocycles. The molecule has 0 aromatic heterocycles. The van der Waals surface area contributed by atoms with Crippen LogP contribution in [0.4, 0.5) is 0 Å². The normalized spacial score (nSPS) is 23.9. The van der Waals surface area contributed by atoms with Gasteiger partial charge in [-0.15, -0.1) is 0 Å². The highest BCUT2D eigenvalue weighted by molar-refractivity contribution is 5.83. The van der Waals surface area contributed by atoms with E-state index in [0.29, 0.717) is 12.8 Å². The number of hydrogen-bond acceptors (Lipinski definition) is 3. The number of aliphatic carboxylic acids is 1. The van der Waals surface area contributed by atoms with Crippen molar-refractivity contribution in [2.45, 2.75) is 37.8 Å². The quantitative estimate of drug-likeness (QED) is 0.776. The molecule has 0 radical (unpaired) electrons. The van der Waals surface area contributed by atoms with Crippen molar-refractivity contribution in [3.05, 3.63) is 35.9 Å². The maximum Gasteiger partial charge on any atom is 0.306 e. The molecular weight excluding hydrogens is 256 g/mol. The van der Waals surface area contributed by atoms with Crippen molar-refractivity contribution in [1.82, 2.24) is 5.32 Å². The van der Waals surface area contributed by atoms with E-state index >= 15 is 0 Å². The summed E-state index contributed by atoms with van der Waals surface area (Å²) in [5.74, 6) is -1.38. The molecule has 3 atom stereocenters. The first kappa shape index (κ1) is 14.5. The predicted molar refractivity (Wildman–Crippen MR) is 74.9 cm³/mol. The van der Waals surface area contributed by atoms with Crippen molar-refractivity contribution >= 4 is 11.9 Å². The summed E-state index contributed by atoms with van der Waals surface area (Å²) in [7, 11) is 0. The smallest absolute Gasteiger partial charge is 0.306 e. The Hall–Kier alpha value is -1.88. The van der Waals surface area contributed by atoms with E-state index in [4.69, 9.17) is 10.8 Å². The summed E-state index contributed by atoms with van der Waals surface area (Å²) in [4.78, 5) is 23.1. The molecule has 0 spiro atoms. The minimum Gasteiger partial charge on any atom is -0.481 e. The van der Waals surface area contributed by atoms with E-state index in [0.717, 1.165) is 18.4 Å². The van der Waals surface area contributed by atoms with Crippen LogP contribution in [-0.4, -0.2) is 23.0 Å². The van der Waals surface area contributed by atoms with E-state index in [1.165, 1.54) is 0 Å². The fraction of sp³-hybridized carbons (Fsp3) is 0.467. The Morgan fingerprint density at radius 1 is 1.25 bits per heavy atom. The topological polar surface area (TPSA) is 92.4 Å². The summed E-state index contributed by atoms with van der Waals surface area (Å²) in [5.41, 5.74) is 6.68. The van der Waals surface area contributed by atoms with Crippen LogP contribution in [0.15, 0.2) is 30.3 Å². The summed E-state index contributed by atoms with van der Waals surface area (Å²) in [6.45, 7) is 0. The monoisotopic (exact) mass is 276 g/mol. The van der Waals surface area contributed by atoms with Gasteiger partial charge >= 0.3 is 5.97 Å². The number of amides is 1. The Morgan fingerprint density at radius 2 is 1.95 bits per heavy atom. The second kappa shape index (κ2) is 6.52. The van der Waals surface area contributed by atoms with Crippen molar-refractivity contribution in [2.24, 2.45) is 11.7 Å². The van der Waals surface area contributed by atoms with Gasteiger partial charge in [0.2, 0.25) is 5.91 Å². The number of hydrogen-bond donors (Lipinski definition) is 3. The van der Waals surface area contributed by atoms with E-state index < -0.39 is 12.0 Å². The molecule has 1 amide bonds. The van der Waals surface area contributed by atoms with Crippen molar-refractivity contribution in [2.75, 3.05) is 0 Å². The molecular formula is C15H20N2O3. The predicted octanol–water partition coefficient (Wildman–Crippen LogP) is 1.45. The van der Waals surface area contributed by atoms with Gasteiger partial charge in [-0.1, -0.05) is 36.8 Å². The second-order valence-corrected chi connectivity index (χ2v) is 5.30. The Balaban J connectivity index is 1.92. The molecule has 1 aromatic rings. The lowest BCUT2D eigenvalue weighted by Crippen LogP contribution is -2.43. The van der Waals surface area contributed by atoms with Gasteiger partial charge in [-0.05, 0) is 24.8 Å². The minimum atomic E-state index is -0.781. The standard InChI is InChI=1S/C15H20N2O3/c16-13(10-5-2-1-3-6-10)14(18)17-12-8-4-7-11(9-12)15(19)20/h1-3,5-6,11-13H,4,7-9,16H2,(H,17,18)(H,19,20)/t11?,12?,13-/m0/s1. The highest BCUT2D eigenvalue weighted by Gasteiger charge is 2.29. The number of carboxylic acid groups (broad SMARTS) is 1. The lowest BCUT2D eigenvalue weighted by atomic mass is 9.85. The third-order valence-corrected chi connectivity index (χ3v) is 3.81. The van der Waals surface area contributed by atoms with Gasteiger partial charge in [0, 0.05) is 6.04 Å². The van der Waals surface area contributed by atoms with Gasteiger partial charge < -0.3 is 16.2 Å². The van der Waals surface area contributed by atoms with Crippen LogP contribution >= 0.6 is 0 Å². The molecule has 1 aromatic carbocycles. The van der Waals surface area contributed by atoms with E-state index in [1.54, 1.807) is 0 Å². The van der Waals surface area contributed by atoms with Gasteiger partial charge in [-0.25, -0.2) is 0 Å². The number of rotatable bonds is 4. The number of carbonyl (C=O) groups excluding carboxylic acids is 1. The number of carbonyl (C=O) groups is 2. The van der Waals surface area contributed by atoms with Crippen molar-refractivity contribution in [1.29, 1.82) is 0 Å². The molecule has 20 heavy (non-hydrogen) atoms. The van der Waals surface area contributed by atoms with Gasteiger partial charge in [0.25, 0.3) is 0 Å². The molecule has 2 unspecified atom stereocenters. The SMILES string of the molecule is N[C@H](C(=O)NC1CCCC(C(=O)O)C1)c1ccccc1. The summed E-state index contributed by atoms with van der Waals surface area (Å²) in [6.07, 6.45) is 2.81. The van der Waals surface area contributed by atoms with Gasteiger partial charge in [0.1, 0.15) is 6.04 Å². The van der Waals surface area contributed by atoms with Gasteiger partial charge in [0.05, 0.1) is 5.92 Å². The van der Waals surface area contributed by atoms with Gasteiger partial charge in [0.15, 0.2) is 0 Å². The minimum absolute atomic E-state index is 0.0906. The van der Waals surface area contributed by atoms with E-state index in [-0.39, 0.29) is 17.9 Å². The van der Waals surface area contributed by atoms with Crippen LogP contribution in [0, 0.1) is 5.92 Å². The fourth-order valence-electron chi connectivity index (χ4n) is 2.65. The Kier molecular flexibility index (Phi) is 4.74. The summed E-state index contributed by atoms with van der Waals surface area (Å²) in [5, 5.41) is 11.9. The highest BCUT2D eigenvalue weighted by Crippen LogP contribution is 2.25. The number of nitrogens with two attached hydrogens (primary N) is 1. The Morgan fingerprint density at radius 3 is 2.60 bits per heavy atom. The van der Waals surface area contributed by atoms with Crippen LogP contribution in [0.1, 0.15) is 37.3 Å². The van der Waals surface area contributed by atoms with Crippen LogP contribution < -0.4 is 11.1 Å². The fourth-order valence-corrected chi connectivity index (χ4v) is 2.65. The average Bonchev–Trinajstić information content (AvgIpc) is 2.47. The average molecular weight is 276 g/mol. The molecule has 2 rings (SSSR count). The maximum absolute atomic E-state index is 12.1. The zero-order chi connectivity index (χ0) is 14.5. The van der Waals surface area contributed by atoms with Crippen LogP contribution in [0.25, 0.3) is 0 Å². The molecule has 108 valence electrons. The molecule has 4 N–H and O–H groups in total. The lowest BCUT2D eigenvalue weighted by Gasteiger charge is -2.28. The molecule has 5 heteroatoms. The zero-order valence-corrected chi connectivity index (χ0v) is 11.3. The van der Waals surface area contributed by atoms with Crippen molar-refractivity contribution in [3.63, 3.8) is 0 Å². The molecule has 1 aliphatic rings. The van der Waals surface area contributed by atoms with Crippen LogP contribution in [-0.2, 0) is 9.59 Å². The van der Waals surface area contributed by atoms with Crippen molar-refractivity contribution in [3.8, 4) is 0 Å². The largest absolute Gasteiger partial charge is 0.481 e. The summed E-state index contributed by atoms with van der Waals surface area (Å²) < 4.78 is 0. The van der Waals surface area contributed by atoms with Crippen LogP contribution in [0.3, 0.4) is 0 Å². The van der Waals surface area contributed by atoms with E-state index in [2.05, 4.69) is 5.32 Å². The van der Waals surface area contributed by atoms with Crippen LogP contribution in [0.5, 0.6) is 0 Å². The molecule has 0 aliphatic heterocycles.